The first-order valence-electron chi connectivity index (χ1n) is 5.39. The number of carbonyl (C=O) groups is 1. The van der Waals surface area contributed by atoms with Crippen molar-refractivity contribution in [3.8, 4) is 0 Å². The maximum atomic E-state index is 11.2. The predicted molar refractivity (Wildman–Crippen MR) is 54.7 cm³/mol. The van der Waals surface area contributed by atoms with E-state index in [0.29, 0.717) is 5.78 Å². The molecule has 0 spiro atoms. The molecular weight excluding hydrogens is 162 g/mol. The Kier molecular flexibility index (Phi) is 3.91. The van der Waals surface area contributed by atoms with E-state index in [9.17, 15) is 4.79 Å². The smallest absolute Gasteiger partial charge is 0.146 e. The molecule has 0 aromatic rings. The SMILES string of the molecule is CCCC1CCN(C(C)C(C)=O)C1. The van der Waals surface area contributed by atoms with Crippen LogP contribution in [0, 0.1) is 5.92 Å². The van der Waals surface area contributed by atoms with E-state index in [1.165, 1.54) is 19.3 Å². The lowest BCUT2D eigenvalue weighted by atomic mass is 10.0. The van der Waals surface area contributed by atoms with Crippen molar-refractivity contribution < 1.29 is 4.79 Å². The van der Waals surface area contributed by atoms with Gasteiger partial charge >= 0.3 is 0 Å². The molecule has 0 amide bonds. The molecule has 2 heteroatoms. The van der Waals surface area contributed by atoms with Crippen LogP contribution in [0.2, 0.25) is 0 Å². The van der Waals surface area contributed by atoms with Gasteiger partial charge in [-0.1, -0.05) is 13.3 Å². The summed E-state index contributed by atoms with van der Waals surface area (Å²) in [6.45, 7) is 8.20. The van der Waals surface area contributed by atoms with E-state index in [1.807, 2.05) is 6.92 Å². The summed E-state index contributed by atoms with van der Waals surface area (Å²) in [7, 11) is 0. The van der Waals surface area contributed by atoms with Crippen molar-refractivity contribution in [2.24, 2.45) is 5.92 Å². The highest BCUT2D eigenvalue weighted by atomic mass is 16.1. The van der Waals surface area contributed by atoms with E-state index < -0.39 is 0 Å². The maximum Gasteiger partial charge on any atom is 0.146 e. The zero-order valence-corrected chi connectivity index (χ0v) is 9.05. The largest absolute Gasteiger partial charge is 0.298 e. The van der Waals surface area contributed by atoms with E-state index >= 15 is 0 Å². The van der Waals surface area contributed by atoms with Gasteiger partial charge in [0.1, 0.15) is 5.78 Å². The second kappa shape index (κ2) is 4.75. The van der Waals surface area contributed by atoms with Crippen molar-refractivity contribution >= 4 is 5.78 Å². The maximum absolute atomic E-state index is 11.2. The van der Waals surface area contributed by atoms with Gasteiger partial charge in [-0.05, 0) is 39.2 Å². The van der Waals surface area contributed by atoms with Crippen LogP contribution in [0.25, 0.3) is 0 Å². The molecule has 2 unspecified atom stereocenters. The highest BCUT2D eigenvalue weighted by Gasteiger charge is 2.26. The van der Waals surface area contributed by atoms with Crippen LogP contribution >= 0.6 is 0 Å². The fourth-order valence-electron chi connectivity index (χ4n) is 2.12. The van der Waals surface area contributed by atoms with Gasteiger partial charge in [0.15, 0.2) is 0 Å². The molecule has 1 fully saturated rings. The molecular formula is C11H21NO. The Morgan fingerprint density at radius 3 is 2.85 bits per heavy atom. The van der Waals surface area contributed by atoms with Crippen LogP contribution in [0.15, 0.2) is 0 Å². The third-order valence-corrected chi connectivity index (χ3v) is 3.15. The molecule has 0 aliphatic carbocycles. The summed E-state index contributed by atoms with van der Waals surface area (Å²) in [6.07, 6.45) is 3.87. The minimum atomic E-state index is 0.141. The molecule has 1 aliphatic heterocycles. The lowest BCUT2D eigenvalue weighted by Gasteiger charge is -2.21. The topological polar surface area (TPSA) is 20.3 Å². The summed E-state index contributed by atoms with van der Waals surface area (Å²) < 4.78 is 0. The zero-order valence-electron chi connectivity index (χ0n) is 9.05. The molecule has 1 aliphatic rings. The number of hydrogen-bond donors (Lipinski definition) is 0. The second-order valence-corrected chi connectivity index (χ2v) is 4.22. The quantitative estimate of drug-likeness (QED) is 0.665. The molecule has 0 bridgehead atoms. The monoisotopic (exact) mass is 183 g/mol. The van der Waals surface area contributed by atoms with Crippen molar-refractivity contribution in [2.75, 3.05) is 13.1 Å². The molecule has 1 heterocycles. The number of nitrogens with zero attached hydrogens (tertiary/aromatic N) is 1. The Morgan fingerprint density at radius 2 is 2.31 bits per heavy atom. The van der Waals surface area contributed by atoms with E-state index in [0.717, 1.165) is 19.0 Å². The van der Waals surface area contributed by atoms with Gasteiger partial charge in [0, 0.05) is 6.54 Å². The van der Waals surface area contributed by atoms with Crippen LogP contribution in [0.4, 0.5) is 0 Å². The zero-order chi connectivity index (χ0) is 9.84. The van der Waals surface area contributed by atoms with Crippen LogP contribution in [0.1, 0.15) is 40.0 Å². The normalized spacial score (nSPS) is 26.2. The fraction of sp³-hybridized carbons (Fsp3) is 0.909. The van der Waals surface area contributed by atoms with Gasteiger partial charge in [0.2, 0.25) is 0 Å². The van der Waals surface area contributed by atoms with Gasteiger partial charge in [-0.25, -0.2) is 0 Å². The summed E-state index contributed by atoms with van der Waals surface area (Å²) in [6, 6.07) is 0.141. The van der Waals surface area contributed by atoms with Crippen molar-refractivity contribution in [1.82, 2.24) is 4.90 Å². The van der Waals surface area contributed by atoms with Crippen LogP contribution in [0.3, 0.4) is 0 Å². The number of Topliss-reactive ketones (excluding diaryl/α,β-unsaturated/α-hetero) is 1. The van der Waals surface area contributed by atoms with Gasteiger partial charge < -0.3 is 0 Å². The van der Waals surface area contributed by atoms with Crippen LogP contribution in [-0.4, -0.2) is 29.8 Å². The van der Waals surface area contributed by atoms with Crippen molar-refractivity contribution in [2.45, 2.75) is 46.1 Å². The number of ketones is 1. The first-order valence-corrected chi connectivity index (χ1v) is 5.39. The standard InChI is InChI=1S/C11H21NO/c1-4-5-11-6-7-12(8-11)9(2)10(3)13/h9,11H,4-8H2,1-3H3. The average molecular weight is 183 g/mol. The van der Waals surface area contributed by atoms with Crippen molar-refractivity contribution in [3.05, 3.63) is 0 Å². The van der Waals surface area contributed by atoms with Gasteiger partial charge in [0.05, 0.1) is 6.04 Å². The lowest BCUT2D eigenvalue weighted by molar-refractivity contribution is -0.121. The van der Waals surface area contributed by atoms with Gasteiger partial charge in [0.25, 0.3) is 0 Å². The van der Waals surface area contributed by atoms with E-state index in [1.54, 1.807) is 6.92 Å². The Hall–Kier alpha value is -0.370. The van der Waals surface area contributed by atoms with E-state index in [4.69, 9.17) is 0 Å². The minimum absolute atomic E-state index is 0.141. The number of hydrogen-bond acceptors (Lipinski definition) is 2. The summed E-state index contributed by atoms with van der Waals surface area (Å²) in [4.78, 5) is 13.5. The minimum Gasteiger partial charge on any atom is -0.298 e. The third kappa shape index (κ3) is 2.80. The Morgan fingerprint density at radius 1 is 1.62 bits per heavy atom. The molecule has 13 heavy (non-hydrogen) atoms. The Bertz CT molecular complexity index is 179. The van der Waals surface area contributed by atoms with Crippen molar-refractivity contribution in [3.63, 3.8) is 0 Å². The summed E-state index contributed by atoms with van der Waals surface area (Å²) >= 11 is 0. The molecule has 0 aromatic heterocycles. The van der Waals surface area contributed by atoms with E-state index in [-0.39, 0.29) is 6.04 Å². The molecule has 0 N–H and O–H groups in total. The Balaban J connectivity index is 2.36. The van der Waals surface area contributed by atoms with E-state index in [2.05, 4.69) is 11.8 Å². The summed E-state index contributed by atoms with van der Waals surface area (Å²) in [5.41, 5.74) is 0. The highest BCUT2D eigenvalue weighted by Crippen LogP contribution is 2.22. The molecule has 2 nitrogen and oxygen atoms in total. The van der Waals surface area contributed by atoms with Gasteiger partial charge in [-0.3, -0.25) is 9.69 Å². The molecule has 1 rings (SSSR count). The number of rotatable bonds is 4. The third-order valence-electron chi connectivity index (χ3n) is 3.15. The molecule has 0 aromatic carbocycles. The summed E-state index contributed by atoms with van der Waals surface area (Å²) in [5, 5.41) is 0. The van der Waals surface area contributed by atoms with Crippen LogP contribution < -0.4 is 0 Å². The molecule has 0 radical (unpaired) electrons. The van der Waals surface area contributed by atoms with Crippen LogP contribution in [-0.2, 0) is 4.79 Å². The highest BCUT2D eigenvalue weighted by molar-refractivity contribution is 5.80. The lowest BCUT2D eigenvalue weighted by Crippen LogP contribution is -2.36. The van der Waals surface area contributed by atoms with Gasteiger partial charge in [-0.15, -0.1) is 0 Å². The first kappa shape index (κ1) is 10.7. The summed E-state index contributed by atoms with van der Waals surface area (Å²) in [5.74, 6) is 1.14. The molecule has 1 saturated heterocycles. The Labute approximate surface area is 81.3 Å². The second-order valence-electron chi connectivity index (χ2n) is 4.22. The predicted octanol–water partition coefficient (Wildman–Crippen LogP) is 2.09. The first-order chi connectivity index (χ1) is 6.15. The van der Waals surface area contributed by atoms with Crippen LogP contribution in [0.5, 0.6) is 0 Å². The number of carbonyl (C=O) groups excluding carboxylic acids is 1. The average Bonchev–Trinajstić information content (AvgIpc) is 2.52. The van der Waals surface area contributed by atoms with Crippen molar-refractivity contribution in [1.29, 1.82) is 0 Å². The molecule has 2 atom stereocenters. The molecule has 0 saturated carbocycles. The molecule has 76 valence electrons. The fourth-order valence-corrected chi connectivity index (χ4v) is 2.12. The number of likely N-dealkylation sites (tertiary alicyclic amines) is 1. The van der Waals surface area contributed by atoms with Gasteiger partial charge in [-0.2, -0.15) is 0 Å².